The molecule has 0 bridgehead atoms. The van der Waals surface area contributed by atoms with Gasteiger partial charge in [-0.3, -0.25) is 0 Å². The molecule has 2 rings (SSSR count). The van der Waals surface area contributed by atoms with Crippen LogP contribution < -0.4 is 10.2 Å². The van der Waals surface area contributed by atoms with Gasteiger partial charge in [-0.15, -0.1) is 0 Å². The number of aryl methyl sites for hydroxylation is 1. The van der Waals surface area contributed by atoms with Crippen LogP contribution in [0, 0.1) is 6.92 Å². The maximum Gasteiger partial charge on any atom is 0.137 e. The highest BCUT2D eigenvalue weighted by atomic mass is 16.3. The van der Waals surface area contributed by atoms with Gasteiger partial charge in [-0.25, -0.2) is 9.97 Å². The third-order valence-electron chi connectivity index (χ3n) is 3.37. The minimum absolute atomic E-state index is 0.699. The smallest absolute Gasteiger partial charge is 0.137 e. The Labute approximate surface area is 126 Å². The second kappa shape index (κ2) is 7.11. The fourth-order valence-corrected chi connectivity index (χ4v) is 2.33. The first kappa shape index (κ1) is 15.4. The van der Waals surface area contributed by atoms with Crippen molar-refractivity contribution in [2.75, 3.05) is 23.8 Å². The van der Waals surface area contributed by atoms with Gasteiger partial charge in [-0.2, -0.15) is 0 Å². The van der Waals surface area contributed by atoms with Crippen molar-refractivity contribution < 1.29 is 4.42 Å². The monoisotopic (exact) mass is 288 g/mol. The SMILES string of the molecule is CCCNc1ncnc(N(C)Cc2ccc(C)o2)c1CC. The molecular weight excluding hydrogens is 264 g/mol. The van der Waals surface area contributed by atoms with Crippen LogP contribution >= 0.6 is 0 Å². The molecule has 0 aliphatic carbocycles. The van der Waals surface area contributed by atoms with Gasteiger partial charge in [-0.1, -0.05) is 13.8 Å². The van der Waals surface area contributed by atoms with E-state index in [2.05, 4.69) is 34.0 Å². The van der Waals surface area contributed by atoms with Crippen molar-refractivity contribution in [1.82, 2.24) is 9.97 Å². The minimum Gasteiger partial charge on any atom is -0.464 e. The van der Waals surface area contributed by atoms with Crippen LogP contribution in [0.2, 0.25) is 0 Å². The summed E-state index contributed by atoms with van der Waals surface area (Å²) in [7, 11) is 2.03. The average molecular weight is 288 g/mol. The van der Waals surface area contributed by atoms with E-state index in [1.807, 2.05) is 26.1 Å². The summed E-state index contributed by atoms with van der Waals surface area (Å²) in [5.41, 5.74) is 1.15. The van der Waals surface area contributed by atoms with Crippen LogP contribution in [-0.4, -0.2) is 23.6 Å². The normalized spacial score (nSPS) is 10.7. The molecule has 2 aromatic rings. The lowest BCUT2D eigenvalue weighted by Gasteiger charge is -2.21. The lowest BCUT2D eigenvalue weighted by molar-refractivity contribution is 0.481. The molecule has 21 heavy (non-hydrogen) atoms. The molecule has 0 unspecified atom stereocenters. The molecule has 114 valence electrons. The molecule has 5 heteroatoms. The van der Waals surface area contributed by atoms with Gasteiger partial charge in [0.15, 0.2) is 0 Å². The molecule has 2 heterocycles. The predicted octanol–water partition coefficient (Wildman–Crippen LogP) is 3.40. The lowest BCUT2D eigenvalue weighted by atomic mass is 10.2. The predicted molar refractivity (Wildman–Crippen MR) is 85.7 cm³/mol. The molecule has 5 nitrogen and oxygen atoms in total. The molecule has 1 N–H and O–H groups in total. The highest BCUT2D eigenvalue weighted by Gasteiger charge is 2.14. The molecule has 0 atom stereocenters. The van der Waals surface area contributed by atoms with Gasteiger partial charge < -0.3 is 14.6 Å². The molecule has 0 fully saturated rings. The summed E-state index contributed by atoms with van der Waals surface area (Å²) < 4.78 is 5.64. The summed E-state index contributed by atoms with van der Waals surface area (Å²) in [5.74, 6) is 3.77. The zero-order chi connectivity index (χ0) is 15.2. The molecule has 0 spiro atoms. The van der Waals surface area contributed by atoms with E-state index in [1.165, 1.54) is 0 Å². The molecule has 0 saturated heterocycles. The molecule has 0 aliphatic rings. The Morgan fingerprint density at radius 2 is 2.05 bits per heavy atom. The van der Waals surface area contributed by atoms with E-state index in [4.69, 9.17) is 4.42 Å². The van der Waals surface area contributed by atoms with Crippen molar-refractivity contribution in [2.45, 2.75) is 40.2 Å². The first-order chi connectivity index (χ1) is 10.2. The standard InChI is InChI=1S/C16H24N4O/c1-5-9-17-15-14(6-2)16(19-11-18-15)20(4)10-13-8-7-12(3)21-13/h7-8,11H,5-6,9-10H2,1-4H3,(H,17,18,19). The van der Waals surface area contributed by atoms with Crippen molar-refractivity contribution in [3.8, 4) is 0 Å². The Morgan fingerprint density at radius 3 is 2.67 bits per heavy atom. The molecule has 0 amide bonds. The molecule has 0 radical (unpaired) electrons. The Bertz CT molecular complexity index is 579. The van der Waals surface area contributed by atoms with Gasteiger partial charge in [0.25, 0.3) is 0 Å². The van der Waals surface area contributed by atoms with Crippen LogP contribution in [0.3, 0.4) is 0 Å². The third kappa shape index (κ3) is 3.74. The zero-order valence-corrected chi connectivity index (χ0v) is 13.3. The van der Waals surface area contributed by atoms with Crippen LogP contribution in [0.25, 0.3) is 0 Å². The Hall–Kier alpha value is -2.04. The van der Waals surface area contributed by atoms with Gasteiger partial charge >= 0.3 is 0 Å². The molecular formula is C16H24N4O. The van der Waals surface area contributed by atoms with E-state index < -0.39 is 0 Å². The summed E-state index contributed by atoms with van der Waals surface area (Å²) >= 11 is 0. The quantitative estimate of drug-likeness (QED) is 0.846. The minimum atomic E-state index is 0.699. The first-order valence-electron chi connectivity index (χ1n) is 7.49. The highest BCUT2D eigenvalue weighted by molar-refractivity contribution is 5.58. The average Bonchev–Trinajstić information content (AvgIpc) is 2.89. The van der Waals surface area contributed by atoms with Crippen molar-refractivity contribution in [1.29, 1.82) is 0 Å². The van der Waals surface area contributed by atoms with E-state index in [1.54, 1.807) is 6.33 Å². The van der Waals surface area contributed by atoms with Gasteiger partial charge in [0, 0.05) is 19.2 Å². The largest absolute Gasteiger partial charge is 0.464 e. The van der Waals surface area contributed by atoms with E-state index >= 15 is 0 Å². The number of anilines is 2. The summed E-state index contributed by atoms with van der Waals surface area (Å²) in [6.07, 6.45) is 3.59. The first-order valence-corrected chi connectivity index (χ1v) is 7.49. The number of hydrogen-bond acceptors (Lipinski definition) is 5. The van der Waals surface area contributed by atoms with Gasteiger partial charge in [-0.05, 0) is 31.9 Å². The van der Waals surface area contributed by atoms with Gasteiger partial charge in [0.2, 0.25) is 0 Å². The van der Waals surface area contributed by atoms with E-state index in [0.29, 0.717) is 6.54 Å². The zero-order valence-electron chi connectivity index (χ0n) is 13.3. The Balaban J connectivity index is 2.21. The number of rotatable bonds is 7. The Kier molecular flexibility index (Phi) is 5.20. The maximum absolute atomic E-state index is 5.64. The van der Waals surface area contributed by atoms with E-state index in [0.717, 1.165) is 48.1 Å². The van der Waals surface area contributed by atoms with Crippen LogP contribution in [0.4, 0.5) is 11.6 Å². The van der Waals surface area contributed by atoms with Gasteiger partial charge in [0.1, 0.15) is 29.5 Å². The molecule has 0 aromatic carbocycles. The van der Waals surface area contributed by atoms with E-state index in [-0.39, 0.29) is 0 Å². The molecule has 2 aromatic heterocycles. The van der Waals surface area contributed by atoms with Crippen LogP contribution in [-0.2, 0) is 13.0 Å². The maximum atomic E-state index is 5.64. The summed E-state index contributed by atoms with van der Waals surface area (Å²) in [6.45, 7) is 7.85. The van der Waals surface area contributed by atoms with E-state index in [9.17, 15) is 0 Å². The molecule has 0 aliphatic heterocycles. The second-order valence-corrected chi connectivity index (χ2v) is 5.17. The van der Waals surface area contributed by atoms with Crippen molar-refractivity contribution >= 4 is 11.6 Å². The fourth-order valence-electron chi connectivity index (χ4n) is 2.33. The summed E-state index contributed by atoms with van der Waals surface area (Å²) in [4.78, 5) is 10.9. The van der Waals surface area contributed by atoms with Crippen molar-refractivity contribution in [2.24, 2.45) is 0 Å². The lowest BCUT2D eigenvalue weighted by Crippen LogP contribution is -2.20. The number of aromatic nitrogens is 2. The second-order valence-electron chi connectivity index (χ2n) is 5.17. The van der Waals surface area contributed by atoms with Crippen LogP contribution in [0.15, 0.2) is 22.9 Å². The number of hydrogen-bond donors (Lipinski definition) is 1. The number of nitrogens with one attached hydrogen (secondary N) is 1. The number of nitrogens with zero attached hydrogens (tertiary/aromatic N) is 3. The summed E-state index contributed by atoms with van der Waals surface area (Å²) in [5, 5.41) is 3.38. The highest BCUT2D eigenvalue weighted by Crippen LogP contribution is 2.24. The molecule has 0 saturated carbocycles. The van der Waals surface area contributed by atoms with Crippen molar-refractivity contribution in [3.63, 3.8) is 0 Å². The third-order valence-corrected chi connectivity index (χ3v) is 3.37. The van der Waals surface area contributed by atoms with Gasteiger partial charge in [0.05, 0.1) is 6.54 Å². The van der Waals surface area contributed by atoms with Crippen LogP contribution in [0.1, 0.15) is 37.4 Å². The number of furan rings is 1. The topological polar surface area (TPSA) is 54.2 Å². The van der Waals surface area contributed by atoms with Crippen molar-refractivity contribution in [3.05, 3.63) is 35.5 Å². The summed E-state index contributed by atoms with van der Waals surface area (Å²) in [6, 6.07) is 3.99. The fraction of sp³-hybridized carbons (Fsp3) is 0.500. The Morgan fingerprint density at radius 1 is 1.24 bits per heavy atom. The van der Waals surface area contributed by atoms with Crippen LogP contribution in [0.5, 0.6) is 0 Å².